The average molecular weight is 405 g/mol. The third kappa shape index (κ3) is 4.80. The largest absolute Gasteiger partial charge is 0.356 e. The molecule has 0 bridgehead atoms. The van der Waals surface area contributed by atoms with Gasteiger partial charge < -0.3 is 5.32 Å². The monoisotopic (exact) mass is 404 g/mol. The number of carbonyl (C=O) groups is 1. The summed E-state index contributed by atoms with van der Waals surface area (Å²) >= 11 is 0. The Morgan fingerprint density at radius 1 is 1.18 bits per heavy atom. The van der Waals surface area contributed by atoms with Crippen molar-refractivity contribution in [3.63, 3.8) is 0 Å². The molecule has 8 heteroatoms. The van der Waals surface area contributed by atoms with Crippen LogP contribution in [0, 0.1) is 19.8 Å². The number of aromatic nitrogens is 2. The van der Waals surface area contributed by atoms with Gasteiger partial charge in [-0.3, -0.25) is 9.48 Å². The van der Waals surface area contributed by atoms with Crippen LogP contribution < -0.4 is 5.32 Å². The lowest BCUT2D eigenvalue weighted by Crippen LogP contribution is -2.43. The third-order valence-electron chi connectivity index (χ3n) is 5.15. The van der Waals surface area contributed by atoms with Gasteiger partial charge in [0.05, 0.1) is 10.6 Å². The van der Waals surface area contributed by atoms with E-state index in [4.69, 9.17) is 0 Å². The number of benzene rings is 1. The molecule has 1 aromatic carbocycles. The number of hydrogen-bond donors (Lipinski definition) is 1. The van der Waals surface area contributed by atoms with Crippen LogP contribution in [0.3, 0.4) is 0 Å². The first-order chi connectivity index (χ1) is 13.4. The third-order valence-corrected chi connectivity index (χ3v) is 7.07. The highest BCUT2D eigenvalue weighted by Crippen LogP contribution is 2.23. The zero-order chi connectivity index (χ0) is 20.1. The fourth-order valence-electron chi connectivity index (χ4n) is 3.59. The molecule has 1 aliphatic heterocycles. The summed E-state index contributed by atoms with van der Waals surface area (Å²) in [7, 11) is -3.47. The standard InChI is InChI=1S/C20H28N4O3S/c1-16-15-17(2)24(22-16)12-6-11-21-20(25)18-9-13-23(14-10-18)28(26,27)19-7-4-3-5-8-19/h3-5,7-8,15,18H,6,9-14H2,1-2H3,(H,21,25). The molecule has 0 saturated carbocycles. The Balaban J connectivity index is 1.43. The molecule has 7 nitrogen and oxygen atoms in total. The molecule has 0 spiro atoms. The van der Waals surface area contributed by atoms with Gasteiger partial charge in [-0.05, 0) is 51.3 Å². The van der Waals surface area contributed by atoms with Gasteiger partial charge in [-0.2, -0.15) is 9.40 Å². The smallest absolute Gasteiger partial charge is 0.243 e. The molecule has 1 fully saturated rings. The van der Waals surface area contributed by atoms with Crippen LogP contribution in [0.1, 0.15) is 30.7 Å². The van der Waals surface area contributed by atoms with Crippen molar-refractivity contribution in [3.05, 3.63) is 47.8 Å². The average Bonchev–Trinajstić information content (AvgIpc) is 3.03. The van der Waals surface area contributed by atoms with Crippen molar-refractivity contribution in [1.82, 2.24) is 19.4 Å². The fraction of sp³-hybridized carbons (Fsp3) is 0.500. The first-order valence-electron chi connectivity index (χ1n) is 9.72. The highest BCUT2D eigenvalue weighted by atomic mass is 32.2. The van der Waals surface area contributed by atoms with Gasteiger partial charge in [0.15, 0.2) is 0 Å². The van der Waals surface area contributed by atoms with E-state index in [9.17, 15) is 13.2 Å². The molecule has 1 amide bonds. The van der Waals surface area contributed by atoms with E-state index < -0.39 is 10.0 Å². The molecule has 0 unspecified atom stereocenters. The summed E-state index contributed by atoms with van der Waals surface area (Å²) in [5.74, 6) is -0.110. The van der Waals surface area contributed by atoms with E-state index in [0.29, 0.717) is 37.4 Å². The first-order valence-corrected chi connectivity index (χ1v) is 11.2. The van der Waals surface area contributed by atoms with Gasteiger partial charge in [-0.1, -0.05) is 18.2 Å². The van der Waals surface area contributed by atoms with E-state index in [1.165, 1.54) is 4.31 Å². The van der Waals surface area contributed by atoms with Crippen LogP contribution in [-0.4, -0.2) is 48.0 Å². The van der Waals surface area contributed by atoms with Crippen molar-refractivity contribution >= 4 is 15.9 Å². The van der Waals surface area contributed by atoms with Gasteiger partial charge in [0, 0.05) is 37.8 Å². The molecule has 1 aliphatic rings. The molecular weight excluding hydrogens is 376 g/mol. The highest BCUT2D eigenvalue weighted by molar-refractivity contribution is 7.89. The van der Waals surface area contributed by atoms with Gasteiger partial charge >= 0.3 is 0 Å². The fourth-order valence-corrected chi connectivity index (χ4v) is 5.08. The van der Waals surface area contributed by atoms with Crippen LogP contribution >= 0.6 is 0 Å². The Morgan fingerprint density at radius 2 is 1.86 bits per heavy atom. The van der Waals surface area contributed by atoms with E-state index in [-0.39, 0.29) is 11.8 Å². The van der Waals surface area contributed by atoms with Crippen LogP contribution in [0.2, 0.25) is 0 Å². The summed E-state index contributed by atoms with van der Waals surface area (Å²) < 4.78 is 28.7. The number of nitrogens with one attached hydrogen (secondary N) is 1. The zero-order valence-electron chi connectivity index (χ0n) is 16.5. The number of hydrogen-bond acceptors (Lipinski definition) is 4. The number of carbonyl (C=O) groups excluding carboxylic acids is 1. The summed E-state index contributed by atoms with van der Waals surface area (Å²) in [6.07, 6.45) is 1.92. The Hall–Kier alpha value is -2.19. The number of piperidine rings is 1. The molecule has 2 aromatic rings. The first kappa shape index (κ1) is 20.5. The number of sulfonamides is 1. The zero-order valence-corrected chi connectivity index (χ0v) is 17.3. The molecule has 0 radical (unpaired) electrons. The maximum absolute atomic E-state index is 12.7. The molecular formula is C20H28N4O3S. The lowest BCUT2D eigenvalue weighted by atomic mass is 9.97. The molecule has 3 rings (SSSR count). The Labute approximate surface area is 166 Å². The Morgan fingerprint density at radius 3 is 2.46 bits per heavy atom. The van der Waals surface area contributed by atoms with Crippen molar-refractivity contribution in [2.75, 3.05) is 19.6 Å². The molecule has 1 aromatic heterocycles. The highest BCUT2D eigenvalue weighted by Gasteiger charge is 2.31. The summed E-state index contributed by atoms with van der Waals surface area (Å²) in [4.78, 5) is 12.7. The van der Waals surface area contributed by atoms with Gasteiger partial charge in [0.1, 0.15) is 0 Å². The second-order valence-electron chi connectivity index (χ2n) is 7.29. The molecule has 2 heterocycles. The maximum atomic E-state index is 12.7. The van der Waals surface area contributed by atoms with E-state index in [2.05, 4.69) is 10.4 Å². The van der Waals surface area contributed by atoms with Crippen molar-refractivity contribution in [2.45, 2.75) is 44.6 Å². The second-order valence-corrected chi connectivity index (χ2v) is 9.22. The van der Waals surface area contributed by atoms with Crippen molar-refractivity contribution in [1.29, 1.82) is 0 Å². The number of nitrogens with zero attached hydrogens (tertiary/aromatic N) is 3. The summed E-state index contributed by atoms with van der Waals surface area (Å²) in [6.45, 7) is 6.11. The van der Waals surface area contributed by atoms with E-state index >= 15 is 0 Å². The normalized spacial score (nSPS) is 16.2. The van der Waals surface area contributed by atoms with Crippen LogP contribution in [0.15, 0.2) is 41.3 Å². The van der Waals surface area contributed by atoms with Crippen molar-refractivity contribution in [3.8, 4) is 0 Å². The van der Waals surface area contributed by atoms with E-state index in [1.807, 2.05) is 24.6 Å². The summed E-state index contributed by atoms with van der Waals surface area (Å²) in [6, 6.07) is 10.5. The van der Waals surface area contributed by atoms with Gasteiger partial charge in [0.25, 0.3) is 0 Å². The lowest BCUT2D eigenvalue weighted by Gasteiger charge is -2.30. The van der Waals surface area contributed by atoms with Gasteiger partial charge in [-0.25, -0.2) is 8.42 Å². The maximum Gasteiger partial charge on any atom is 0.243 e. The predicted molar refractivity (Wildman–Crippen MR) is 107 cm³/mol. The van der Waals surface area contributed by atoms with Gasteiger partial charge in [-0.15, -0.1) is 0 Å². The topological polar surface area (TPSA) is 84.3 Å². The molecule has 28 heavy (non-hydrogen) atoms. The van der Waals surface area contributed by atoms with Crippen LogP contribution in [-0.2, 0) is 21.4 Å². The minimum absolute atomic E-state index is 0.0186. The lowest BCUT2D eigenvalue weighted by molar-refractivity contribution is -0.126. The second kappa shape index (κ2) is 8.87. The number of rotatable bonds is 7. The molecule has 1 saturated heterocycles. The van der Waals surface area contributed by atoms with E-state index in [0.717, 1.165) is 24.4 Å². The van der Waals surface area contributed by atoms with Crippen LogP contribution in [0.4, 0.5) is 0 Å². The molecule has 0 atom stereocenters. The quantitative estimate of drug-likeness (QED) is 0.717. The minimum Gasteiger partial charge on any atom is -0.356 e. The minimum atomic E-state index is -3.47. The van der Waals surface area contributed by atoms with Crippen molar-refractivity contribution in [2.24, 2.45) is 5.92 Å². The number of amides is 1. The van der Waals surface area contributed by atoms with E-state index in [1.54, 1.807) is 30.3 Å². The van der Waals surface area contributed by atoms with Gasteiger partial charge in [0.2, 0.25) is 15.9 Å². The molecule has 152 valence electrons. The van der Waals surface area contributed by atoms with Crippen molar-refractivity contribution < 1.29 is 13.2 Å². The van der Waals surface area contributed by atoms with Crippen LogP contribution in [0.25, 0.3) is 0 Å². The Bertz CT molecular complexity index is 901. The SMILES string of the molecule is Cc1cc(C)n(CCCNC(=O)C2CCN(S(=O)(=O)c3ccccc3)CC2)n1. The molecule has 1 N–H and O–H groups in total. The summed E-state index contributed by atoms with van der Waals surface area (Å²) in [5, 5.41) is 7.40. The number of aryl methyl sites for hydroxylation is 3. The predicted octanol–water partition coefficient (Wildman–Crippen LogP) is 2.11. The van der Waals surface area contributed by atoms with Crippen LogP contribution in [0.5, 0.6) is 0 Å². The molecule has 0 aliphatic carbocycles. The Kier molecular flexibility index (Phi) is 6.51. The summed E-state index contributed by atoms with van der Waals surface area (Å²) in [5.41, 5.74) is 2.12.